The predicted molar refractivity (Wildman–Crippen MR) is 132 cm³/mol. The van der Waals surface area contributed by atoms with Crippen molar-refractivity contribution in [1.82, 2.24) is 10.2 Å². The summed E-state index contributed by atoms with van der Waals surface area (Å²) in [6, 6.07) is 5.61. The first-order chi connectivity index (χ1) is 16.5. The molecule has 2 aliphatic carbocycles. The summed E-state index contributed by atoms with van der Waals surface area (Å²) in [5.74, 6) is -2.19. The number of alkyl halides is 2. The molecule has 0 aromatic heterocycles. The molecule has 0 saturated carbocycles. The molecule has 1 fully saturated rings. The van der Waals surface area contributed by atoms with Crippen LogP contribution in [0.1, 0.15) is 56.5 Å². The van der Waals surface area contributed by atoms with Crippen molar-refractivity contribution < 1.29 is 18.3 Å². The number of ether oxygens (including phenoxy) is 1. The molecule has 184 valence electrons. The van der Waals surface area contributed by atoms with Gasteiger partial charge in [-0.3, -0.25) is 9.79 Å². The molecule has 1 saturated heterocycles. The van der Waals surface area contributed by atoms with E-state index in [9.17, 15) is 13.6 Å². The summed E-state index contributed by atoms with van der Waals surface area (Å²) in [5.41, 5.74) is 4.00. The molecule has 35 heavy (non-hydrogen) atoms. The second-order valence-electron chi connectivity index (χ2n) is 10.3. The lowest BCUT2D eigenvalue weighted by atomic mass is 9.80. The average molecular weight is 480 g/mol. The second-order valence-corrected chi connectivity index (χ2v) is 10.3. The predicted octanol–water partition coefficient (Wildman–Crippen LogP) is 5.28. The molecule has 2 aliphatic heterocycles. The highest BCUT2D eigenvalue weighted by Gasteiger charge is 2.39. The number of halogens is 2. The smallest absolute Gasteiger partial charge is 0.270 e. The third-order valence-electron chi connectivity index (χ3n) is 7.45. The highest BCUT2D eigenvalue weighted by Crippen LogP contribution is 2.40. The van der Waals surface area contributed by atoms with Crippen LogP contribution in [-0.4, -0.2) is 47.5 Å². The first-order valence-corrected chi connectivity index (χ1v) is 12.1. The van der Waals surface area contributed by atoms with Crippen molar-refractivity contribution in [1.29, 1.82) is 0 Å². The van der Waals surface area contributed by atoms with Crippen molar-refractivity contribution in [2.24, 2.45) is 4.99 Å². The van der Waals surface area contributed by atoms with Gasteiger partial charge < -0.3 is 15.0 Å². The number of amides is 1. The Hall–Kier alpha value is -3.06. The van der Waals surface area contributed by atoms with Crippen LogP contribution >= 0.6 is 0 Å². The van der Waals surface area contributed by atoms with Gasteiger partial charge in [-0.05, 0) is 68.5 Å². The van der Waals surface area contributed by atoms with Crippen LogP contribution in [0.5, 0.6) is 0 Å². The van der Waals surface area contributed by atoms with Gasteiger partial charge in [-0.15, -0.1) is 0 Å². The number of hydrogen-bond acceptors (Lipinski definition) is 4. The van der Waals surface area contributed by atoms with Gasteiger partial charge in [-0.25, -0.2) is 8.78 Å². The van der Waals surface area contributed by atoms with Gasteiger partial charge in [0.05, 0.1) is 18.0 Å². The molecule has 0 radical (unpaired) electrons. The third-order valence-corrected chi connectivity index (χ3v) is 7.45. The summed E-state index contributed by atoms with van der Waals surface area (Å²) in [5, 5.41) is 3.39. The van der Waals surface area contributed by atoms with E-state index in [0.717, 1.165) is 48.0 Å². The second kappa shape index (κ2) is 8.26. The summed E-state index contributed by atoms with van der Waals surface area (Å²) >= 11 is 0. The molecule has 4 aliphatic rings. The lowest BCUT2D eigenvalue weighted by Crippen LogP contribution is -2.37. The van der Waals surface area contributed by atoms with E-state index in [1.807, 2.05) is 6.92 Å². The van der Waals surface area contributed by atoms with Gasteiger partial charge in [0.25, 0.3) is 11.8 Å². The molecule has 1 aromatic rings. The van der Waals surface area contributed by atoms with Crippen molar-refractivity contribution in [2.75, 3.05) is 19.7 Å². The van der Waals surface area contributed by atoms with Crippen LogP contribution in [0.4, 0.5) is 8.78 Å². The lowest BCUT2D eigenvalue weighted by Gasteiger charge is -2.34. The van der Waals surface area contributed by atoms with Crippen LogP contribution < -0.4 is 5.32 Å². The number of aliphatic imine (C=N–C) groups is 1. The fourth-order valence-corrected chi connectivity index (χ4v) is 5.19. The fraction of sp³-hybridized carbons (Fsp3) is 0.429. The number of rotatable bonds is 3. The standard InChI is InChI=1S/C28H31F2N3O2/c1-18-31-24-16-21(9-11-26(24,2)32-18)20-10-12-27(3)23(15-20)17-33(13-14-35-27)25(34)19-5-7-22(8-6-19)28(4,29)30/h5-10,15-16H,11-14,17H2,1-4H3,(H,31,32). The number of hydrogen-bond donors (Lipinski definition) is 1. The molecule has 0 bridgehead atoms. The van der Waals surface area contributed by atoms with E-state index in [4.69, 9.17) is 9.73 Å². The number of allylic oxidation sites excluding steroid dienone is 4. The number of carbonyl (C=O) groups is 1. The summed E-state index contributed by atoms with van der Waals surface area (Å²) < 4.78 is 33.4. The molecule has 2 atom stereocenters. The Labute approximate surface area is 204 Å². The minimum absolute atomic E-state index is 0.103. The summed E-state index contributed by atoms with van der Waals surface area (Å²) in [4.78, 5) is 19.8. The van der Waals surface area contributed by atoms with Gasteiger partial charge in [0.15, 0.2) is 0 Å². The molecule has 1 amide bonds. The summed E-state index contributed by atoms with van der Waals surface area (Å²) in [6.45, 7) is 8.33. The number of benzene rings is 1. The number of nitrogens with zero attached hydrogens (tertiary/aromatic N) is 2. The Morgan fingerprint density at radius 1 is 1.11 bits per heavy atom. The van der Waals surface area contributed by atoms with Crippen molar-refractivity contribution in [3.63, 3.8) is 0 Å². The molecular formula is C28H31F2N3O2. The van der Waals surface area contributed by atoms with E-state index in [-0.39, 0.29) is 17.0 Å². The zero-order valence-corrected chi connectivity index (χ0v) is 20.6. The van der Waals surface area contributed by atoms with Crippen LogP contribution in [0.25, 0.3) is 0 Å². The molecule has 5 nitrogen and oxygen atoms in total. The lowest BCUT2D eigenvalue weighted by molar-refractivity contribution is 0.00511. The Bertz CT molecular complexity index is 1220. The number of amidine groups is 1. The van der Waals surface area contributed by atoms with E-state index in [2.05, 4.69) is 43.5 Å². The highest BCUT2D eigenvalue weighted by molar-refractivity contribution is 5.94. The van der Waals surface area contributed by atoms with Crippen LogP contribution in [0.15, 0.2) is 76.0 Å². The van der Waals surface area contributed by atoms with E-state index in [1.165, 1.54) is 24.3 Å². The normalized spacial score (nSPS) is 28.4. The van der Waals surface area contributed by atoms with E-state index >= 15 is 0 Å². The van der Waals surface area contributed by atoms with Crippen molar-refractivity contribution in [3.8, 4) is 0 Å². The largest absolute Gasteiger partial charge is 0.369 e. The Kier molecular flexibility index (Phi) is 5.59. The average Bonchev–Trinajstić information content (AvgIpc) is 2.99. The minimum atomic E-state index is -2.94. The molecular weight excluding hydrogens is 448 g/mol. The quantitative estimate of drug-likeness (QED) is 0.642. The fourth-order valence-electron chi connectivity index (χ4n) is 5.19. The third kappa shape index (κ3) is 4.38. The van der Waals surface area contributed by atoms with Crippen molar-refractivity contribution in [2.45, 2.75) is 57.6 Å². The van der Waals surface area contributed by atoms with E-state index in [0.29, 0.717) is 25.3 Å². The Morgan fingerprint density at radius 3 is 2.51 bits per heavy atom. The molecule has 5 rings (SSSR count). The first-order valence-electron chi connectivity index (χ1n) is 12.1. The number of fused-ring (bicyclic) bond motifs is 2. The summed E-state index contributed by atoms with van der Waals surface area (Å²) in [7, 11) is 0. The zero-order chi connectivity index (χ0) is 25.0. The van der Waals surface area contributed by atoms with Crippen LogP contribution in [0.2, 0.25) is 0 Å². The maximum absolute atomic E-state index is 13.6. The van der Waals surface area contributed by atoms with Gasteiger partial charge in [-0.2, -0.15) is 0 Å². The van der Waals surface area contributed by atoms with Crippen LogP contribution in [0, 0.1) is 0 Å². The molecule has 2 unspecified atom stereocenters. The van der Waals surface area contributed by atoms with Crippen molar-refractivity contribution in [3.05, 3.63) is 82.1 Å². The molecule has 2 heterocycles. The van der Waals surface area contributed by atoms with Crippen LogP contribution in [-0.2, 0) is 10.7 Å². The minimum Gasteiger partial charge on any atom is -0.369 e. The Balaban J connectivity index is 1.38. The SMILES string of the molecule is CC1=NC2(C)CC=C(C3=CCC4(C)OCCN(C(=O)c5ccc(C(C)(F)F)cc5)CC4=C3)C=C2N1. The highest BCUT2D eigenvalue weighted by atomic mass is 19.3. The molecule has 7 heteroatoms. The molecule has 0 spiro atoms. The van der Waals surface area contributed by atoms with Gasteiger partial charge in [0.2, 0.25) is 0 Å². The topological polar surface area (TPSA) is 53.9 Å². The number of carbonyl (C=O) groups excluding carboxylic acids is 1. The van der Waals surface area contributed by atoms with Gasteiger partial charge in [0.1, 0.15) is 5.54 Å². The van der Waals surface area contributed by atoms with E-state index < -0.39 is 11.5 Å². The maximum atomic E-state index is 13.6. The van der Waals surface area contributed by atoms with Gasteiger partial charge in [0, 0.05) is 36.8 Å². The maximum Gasteiger partial charge on any atom is 0.270 e. The Morgan fingerprint density at radius 2 is 1.80 bits per heavy atom. The van der Waals surface area contributed by atoms with Gasteiger partial charge >= 0.3 is 0 Å². The number of nitrogens with one attached hydrogen (secondary N) is 1. The van der Waals surface area contributed by atoms with Gasteiger partial charge in [-0.1, -0.05) is 30.4 Å². The zero-order valence-electron chi connectivity index (χ0n) is 20.6. The summed E-state index contributed by atoms with van der Waals surface area (Å²) in [6.07, 6.45) is 10.3. The van der Waals surface area contributed by atoms with E-state index in [1.54, 1.807) is 4.90 Å². The van der Waals surface area contributed by atoms with Crippen molar-refractivity contribution >= 4 is 11.7 Å². The molecule has 1 aromatic carbocycles. The van der Waals surface area contributed by atoms with Crippen LogP contribution in [0.3, 0.4) is 0 Å². The first kappa shape index (κ1) is 23.7. The monoisotopic (exact) mass is 479 g/mol. The molecule has 1 N–H and O–H groups in total.